The van der Waals surface area contributed by atoms with E-state index in [0.29, 0.717) is 19.8 Å². The van der Waals surface area contributed by atoms with Crippen molar-refractivity contribution < 1.29 is 18.4 Å². The van der Waals surface area contributed by atoms with Crippen LogP contribution in [0.2, 0.25) is 6.04 Å². The molecule has 0 bridgehead atoms. The van der Waals surface area contributed by atoms with Crippen molar-refractivity contribution in [1.82, 2.24) is 0 Å². The van der Waals surface area contributed by atoms with E-state index in [-0.39, 0.29) is 5.97 Å². The van der Waals surface area contributed by atoms with Gasteiger partial charge in [0, 0.05) is 19.3 Å². The highest BCUT2D eigenvalue weighted by Crippen LogP contribution is 2.17. The van der Waals surface area contributed by atoms with Crippen LogP contribution in [-0.4, -0.2) is 34.4 Å². The molecule has 0 saturated heterocycles. The van der Waals surface area contributed by atoms with Gasteiger partial charge in [-0.15, -0.1) is 0 Å². The molecule has 122 valence electrons. The fourth-order valence-corrected chi connectivity index (χ4v) is 5.55. The first-order valence-corrected chi connectivity index (χ1v) is 9.83. The number of carbonyl (C=O) groups is 1. The largest absolute Gasteiger partial charge is 0.463 e. The molecule has 0 N–H and O–H groups in total. The van der Waals surface area contributed by atoms with Gasteiger partial charge in [0.25, 0.3) is 0 Å². The minimum Gasteiger partial charge on any atom is -0.463 e. The molecule has 0 aromatic heterocycles. The van der Waals surface area contributed by atoms with Crippen LogP contribution in [0.4, 0.5) is 0 Å². The molecule has 0 unspecified atom stereocenters. The monoisotopic (exact) mass is 322 g/mol. The molecular formula is C17H26O4Si. The average Bonchev–Trinajstić information content (AvgIpc) is 2.53. The van der Waals surface area contributed by atoms with Crippen LogP contribution in [-0.2, 0) is 18.4 Å². The summed E-state index contributed by atoms with van der Waals surface area (Å²) in [5, 5.41) is 1.12. The van der Waals surface area contributed by atoms with E-state index in [1.807, 2.05) is 32.0 Å². The quantitative estimate of drug-likeness (QED) is 0.287. The first-order chi connectivity index (χ1) is 10.7. The van der Waals surface area contributed by atoms with Gasteiger partial charge in [0.15, 0.2) is 0 Å². The van der Waals surface area contributed by atoms with Crippen molar-refractivity contribution in [1.29, 1.82) is 0 Å². The molecule has 1 aromatic rings. The number of ether oxygens (including phenoxy) is 1. The molecule has 0 aliphatic heterocycles. The van der Waals surface area contributed by atoms with Crippen LogP contribution >= 0.6 is 0 Å². The van der Waals surface area contributed by atoms with Gasteiger partial charge >= 0.3 is 14.5 Å². The SMILES string of the molecule is CC=CC(=O)OCCC[Si](OCC)(OCC)c1ccccc1. The highest BCUT2D eigenvalue weighted by atomic mass is 28.4. The maximum absolute atomic E-state index is 11.3. The molecule has 0 atom stereocenters. The lowest BCUT2D eigenvalue weighted by atomic mass is 10.4. The van der Waals surface area contributed by atoms with Crippen LogP contribution in [0.15, 0.2) is 42.5 Å². The molecule has 1 aromatic carbocycles. The van der Waals surface area contributed by atoms with E-state index in [9.17, 15) is 4.79 Å². The highest BCUT2D eigenvalue weighted by Gasteiger charge is 2.39. The lowest BCUT2D eigenvalue weighted by molar-refractivity contribution is -0.137. The smallest absolute Gasteiger partial charge is 0.372 e. The maximum atomic E-state index is 11.3. The van der Waals surface area contributed by atoms with Crippen LogP contribution in [0, 0.1) is 0 Å². The Morgan fingerprint density at radius 1 is 1.14 bits per heavy atom. The van der Waals surface area contributed by atoms with Gasteiger partial charge in [0.1, 0.15) is 0 Å². The molecule has 0 saturated carbocycles. The Morgan fingerprint density at radius 3 is 2.32 bits per heavy atom. The Bertz CT molecular complexity index is 453. The van der Waals surface area contributed by atoms with Crippen LogP contribution in [0.25, 0.3) is 0 Å². The molecule has 0 heterocycles. The predicted octanol–water partition coefficient (Wildman–Crippen LogP) is 2.92. The zero-order chi connectivity index (χ0) is 16.3. The van der Waals surface area contributed by atoms with Gasteiger partial charge in [-0.1, -0.05) is 36.4 Å². The Labute approximate surface area is 134 Å². The lowest BCUT2D eigenvalue weighted by Crippen LogP contribution is -2.54. The van der Waals surface area contributed by atoms with E-state index in [2.05, 4.69) is 12.1 Å². The minimum absolute atomic E-state index is 0.303. The third-order valence-electron chi connectivity index (χ3n) is 3.17. The number of hydrogen-bond donors (Lipinski definition) is 0. The average molecular weight is 322 g/mol. The molecule has 0 fully saturated rings. The molecule has 0 aliphatic rings. The molecule has 4 nitrogen and oxygen atoms in total. The van der Waals surface area contributed by atoms with Gasteiger partial charge < -0.3 is 13.6 Å². The zero-order valence-electron chi connectivity index (χ0n) is 13.7. The van der Waals surface area contributed by atoms with Gasteiger partial charge in [-0.3, -0.25) is 0 Å². The van der Waals surface area contributed by atoms with E-state index in [1.54, 1.807) is 13.0 Å². The van der Waals surface area contributed by atoms with E-state index in [4.69, 9.17) is 13.6 Å². The van der Waals surface area contributed by atoms with Gasteiger partial charge in [0.2, 0.25) is 0 Å². The summed E-state index contributed by atoms with van der Waals surface area (Å²) in [5.74, 6) is -0.303. The van der Waals surface area contributed by atoms with E-state index in [1.165, 1.54) is 6.08 Å². The van der Waals surface area contributed by atoms with E-state index < -0.39 is 8.56 Å². The Kier molecular flexibility index (Phi) is 8.73. The second kappa shape index (κ2) is 10.3. The summed E-state index contributed by atoms with van der Waals surface area (Å²) in [6.07, 6.45) is 3.82. The Balaban J connectivity index is 2.72. The third kappa shape index (κ3) is 5.75. The summed E-state index contributed by atoms with van der Waals surface area (Å²) in [7, 11) is -2.47. The summed E-state index contributed by atoms with van der Waals surface area (Å²) in [4.78, 5) is 11.3. The molecule has 0 radical (unpaired) electrons. The molecule has 5 heteroatoms. The maximum Gasteiger partial charge on any atom is 0.372 e. The normalized spacial score (nSPS) is 11.8. The molecule has 0 amide bonds. The second-order valence-corrected chi connectivity index (χ2v) is 7.92. The van der Waals surface area contributed by atoms with Crippen molar-refractivity contribution in [2.75, 3.05) is 19.8 Å². The zero-order valence-corrected chi connectivity index (χ0v) is 14.7. The van der Waals surface area contributed by atoms with E-state index >= 15 is 0 Å². The van der Waals surface area contributed by atoms with Crippen molar-refractivity contribution in [3.63, 3.8) is 0 Å². The van der Waals surface area contributed by atoms with Gasteiger partial charge in [0.05, 0.1) is 6.61 Å². The molecule has 0 spiro atoms. The number of esters is 1. The number of benzene rings is 1. The first-order valence-electron chi connectivity index (χ1n) is 7.81. The fourth-order valence-electron chi connectivity index (χ4n) is 2.32. The molecular weight excluding hydrogens is 296 g/mol. The number of allylic oxidation sites excluding steroid dienone is 1. The number of carbonyl (C=O) groups excluding carboxylic acids is 1. The van der Waals surface area contributed by atoms with Gasteiger partial charge in [-0.25, -0.2) is 4.79 Å². The summed E-state index contributed by atoms with van der Waals surface area (Å²) in [6, 6.07) is 10.9. The van der Waals surface area contributed by atoms with Crippen molar-refractivity contribution in [2.24, 2.45) is 0 Å². The van der Waals surface area contributed by atoms with Crippen LogP contribution in [0.1, 0.15) is 27.2 Å². The summed E-state index contributed by atoms with van der Waals surface area (Å²) in [5.41, 5.74) is 0. The number of rotatable bonds is 10. The highest BCUT2D eigenvalue weighted by molar-refractivity contribution is 6.81. The van der Waals surface area contributed by atoms with Crippen LogP contribution in [0.5, 0.6) is 0 Å². The molecule has 1 rings (SSSR count). The third-order valence-corrected chi connectivity index (χ3v) is 6.90. The topological polar surface area (TPSA) is 44.8 Å². The van der Waals surface area contributed by atoms with Crippen LogP contribution in [0.3, 0.4) is 0 Å². The van der Waals surface area contributed by atoms with Crippen molar-refractivity contribution in [3.05, 3.63) is 42.5 Å². The standard InChI is InChI=1S/C17H26O4Si/c1-4-11-17(18)19-14-10-15-22(20-5-2,21-6-3)16-12-8-7-9-13-16/h4,7-9,11-13H,5-6,10,14-15H2,1-3H3. The summed E-state index contributed by atoms with van der Waals surface area (Å²) in [6.45, 7) is 7.36. The Morgan fingerprint density at radius 2 is 1.77 bits per heavy atom. The number of hydrogen-bond acceptors (Lipinski definition) is 4. The molecule has 0 aliphatic carbocycles. The van der Waals surface area contributed by atoms with Crippen LogP contribution < -0.4 is 5.19 Å². The van der Waals surface area contributed by atoms with E-state index in [0.717, 1.165) is 17.7 Å². The Hall–Kier alpha value is -1.43. The molecule has 22 heavy (non-hydrogen) atoms. The van der Waals surface area contributed by atoms with Gasteiger partial charge in [-0.05, 0) is 38.4 Å². The summed E-state index contributed by atoms with van der Waals surface area (Å²) >= 11 is 0. The predicted molar refractivity (Wildman–Crippen MR) is 90.3 cm³/mol. The van der Waals surface area contributed by atoms with Crippen molar-refractivity contribution in [2.45, 2.75) is 33.2 Å². The fraction of sp³-hybridized carbons (Fsp3) is 0.471. The van der Waals surface area contributed by atoms with Gasteiger partial charge in [-0.2, -0.15) is 0 Å². The van der Waals surface area contributed by atoms with Crippen molar-refractivity contribution in [3.8, 4) is 0 Å². The lowest BCUT2D eigenvalue weighted by Gasteiger charge is -2.30. The van der Waals surface area contributed by atoms with Crippen molar-refractivity contribution >= 4 is 19.7 Å². The minimum atomic E-state index is -2.47. The first kappa shape index (κ1) is 18.6. The second-order valence-electron chi connectivity index (χ2n) is 4.76. The summed E-state index contributed by atoms with van der Waals surface area (Å²) < 4.78 is 17.3.